The van der Waals surface area contributed by atoms with Crippen LogP contribution in [-0.4, -0.2) is 56.0 Å². The largest absolute Gasteiger partial charge is 0.444 e. The fourth-order valence-corrected chi connectivity index (χ4v) is 6.61. The molecule has 10 heteroatoms. The van der Waals surface area contributed by atoms with Gasteiger partial charge in [-0.05, 0) is 46.2 Å². The van der Waals surface area contributed by atoms with Crippen LogP contribution >= 0.6 is 0 Å². The molecule has 0 spiro atoms. The highest BCUT2D eigenvalue weighted by Gasteiger charge is 2.38. The average Bonchev–Trinajstić information content (AvgIpc) is 3.51. The van der Waals surface area contributed by atoms with Gasteiger partial charge in [0.05, 0.1) is 27.7 Å². The van der Waals surface area contributed by atoms with Crippen LogP contribution in [0.2, 0.25) is 0 Å². The molecule has 3 aromatic carbocycles. The Bertz CT molecular complexity index is 2030. The van der Waals surface area contributed by atoms with Crippen molar-refractivity contribution in [1.29, 1.82) is 0 Å². The van der Waals surface area contributed by atoms with E-state index in [-0.39, 0.29) is 11.9 Å². The van der Waals surface area contributed by atoms with Crippen LogP contribution in [0.1, 0.15) is 60.9 Å². The summed E-state index contributed by atoms with van der Waals surface area (Å²) >= 11 is 0. The lowest BCUT2D eigenvalue weighted by atomic mass is 9.96. The van der Waals surface area contributed by atoms with Gasteiger partial charge < -0.3 is 24.5 Å². The summed E-state index contributed by atoms with van der Waals surface area (Å²) in [6, 6.07) is 12.6. The Balaban J connectivity index is 1.42. The topological polar surface area (TPSA) is 126 Å². The fourth-order valence-electron chi connectivity index (χ4n) is 6.61. The van der Waals surface area contributed by atoms with E-state index in [0.717, 1.165) is 49.2 Å². The third-order valence-electron chi connectivity index (χ3n) is 8.25. The molecule has 2 atom stereocenters. The van der Waals surface area contributed by atoms with E-state index in [4.69, 9.17) is 4.74 Å². The molecule has 4 heterocycles. The molecule has 1 unspecified atom stereocenters. The smallest absolute Gasteiger partial charge is 0.408 e. The Kier molecular flexibility index (Phi) is 5.47. The van der Waals surface area contributed by atoms with Crippen LogP contribution < -0.4 is 10.6 Å². The van der Waals surface area contributed by atoms with Gasteiger partial charge in [0.25, 0.3) is 11.8 Å². The third-order valence-corrected chi connectivity index (χ3v) is 8.25. The van der Waals surface area contributed by atoms with Crippen molar-refractivity contribution in [2.45, 2.75) is 65.4 Å². The highest BCUT2D eigenvalue weighted by Crippen LogP contribution is 2.45. The number of amides is 4. The number of H-pyrrole nitrogens is 1. The molecule has 4 amide bonds. The minimum Gasteiger partial charge on any atom is -0.444 e. The number of alkyl carbamates (subject to hydrolysis) is 1. The lowest BCUT2D eigenvalue weighted by Gasteiger charge is -2.31. The van der Waals surface area contributed by atoms with Crippen LogP contribution in [-0.2, 0) is 22.6 Å². The Morgan fingerprint density at radius 2 is 1.67 bits per heavy atom. The van der Waals surface area contributed by atoms with E-state index in [1.807, 2.05) is 49.4 Å². The van der Waals surface area contributed by atoms with E-state index in [1.54, 1.807) is 32.6 Å². The number of aromatic amines is 1. The first-order valence-corrected chi connectivity index (χ1v) is 14.1. The second-order valence-electron chi connectivity index (χ2n) is 12.3. The molecular formula is C32H31N5O5. The summed E-state index contributed by atoms with van der Waals surface area (Å²) in [7, 11) is 0. The summed E-state index contributed by atoms with van der Waals surface area (Å²) in [4.78, 5) is 57.9. The highest BCUT2D eigenvalue weighted by atomic mass is 16.6. The quantitative estimate of drug-likeness (QED) is 0.261. The van der Waals surface area contributed by atoms with Crippen molar-refractivity contribution in [3.63, 3.8) is 0 Å². The van der Waals surface area contributed by atoms with Gasteiger partial charge in [0.2, 0.25) is 5.91 Å². The molecule has 10 nitrogen and oxygen atoms in total. The van der Waals surface area contributed by atoms with E-state index in [0.29, 0.717) is 24.2 Å². The number of hydrogen-bond donors (Lipinski definition) is 3. The average molecular weight is 566 g/mol. The van der Waals surface area contributed by atoms with Gasteiger partial charge in [-0.25, -0.2) is 4.79 Å². The molecular weight excluding hydrogens is 534 g/mol. The molecule has 7 rings (SSSR count). The van der Waals surface area contributed by atoms with Gasteiger partial charge in [-0.1, -0.05) is 36.4 Å². The number of aromatic nitrogens is 2. The number of carbonyl (C=O) groups excluding carboxylic acids is 4. The standard InChI is InChI=1S/C32H31N5O5/c1-15-13-37-26-17(14-36(15)30(40)16(2)33-31(41)42-32(3,4)5)9-8-11-19(26)22-24-23(28(38)35-29(24)39)21-18-10-6-7-12-20(18)34-25(21)27(22)37/h6-12,15-16,34H,13-14H2,1-5H3,(H,33,41)(H,35,38,39)/t15?,16-/m0/s1. The van der Waals surface area contributed by atoms with E-state index in [2.05, 4.69) is 20.2 Å². The van der Waals surface area contributed by atoms with Crippen LogP contribution in [0.15, 0.2) is 42.5 Å². The molecule has 3 N–H and O–H groups in total. The molecule has 0 aliphatic carbocycles. The number of nitrogens with one attached hydrogen (secondary N) is 3. The van der Waals surface area contributed by atoms with Crippen molar-refractivity contribution in [2.75, 3.05) is 0 Å². The van der Waals surface area contributed by atoms with Crippen molar-refractivity contribution in [1.82, 2.24) is 25.1 Å². The SMILES string of the molecule is CC1Cn2c3c(cccc3c3c4c(c5c6ccccc6[nH]c5c32)C(=O)NC4=O)CN1C(=O)[C@H](C)NC(=O)OC(C)(C)C. The Morgan fingerprint density at radius 3 is 2.40 bits per heavy atom. The van der Waals surface area contributed by atoms with Gasteiger partial charge in [-0.2, -0.15) is 0 Å². The summed E-state index contributed by atoms with van der Waals surface area (Å²) in [5, 5.41) is 8.38. The number of rotatable bonds is 2. The summed E-state index contributed by atoms with van der Waals surface area (Å²) in [6.45, 7) is 9.72. The van der Waals surface area contributed by atoms with Crippen LogP contribution in [0.5, 0.6) is 0 Å². The predicted octanol–water partition coefficient (Wildman–Crippen LogP) is 4.96. The number of ether oxygens (including phenoxy) is 1. The van der Waals surface area contributed by atoms with Gasteiger partial charge in [0.15, 0.2) is 0 Å². The van der Waals surface area contributed by atoms with Gasteiger partial charge >= 0.3 is 6.09 Å². The molecule has 42 heavy (non-hydrogen) atoms. The molecule has 0 fully saturated rings. The first kappa shape index (κ1) is 26.1. The zero-order valence-electron chi connectivity index (χ0n) is 24.0. The number of nitrogens with zero attached hydrogens (tertiary/aromatic N) is 2. The molecule has 2 aliphatic rings. The molecule has 0 saturated carbocycles. The molecule has 214 valence electrons. The second kappa shape index (κ2) is 8.82. The normalized spacial score (nSPS) is 17.5. The van der Waals surface area contributed by atoms with Crippen molar-refractivity contribution >= 4 is 67.4 Å². The number of hydrogen-bond acceptors (Lipinski definition) is 5. The van der Waals surface area contributed by atoms with E-state index >= 15 is 0 Å². The van der Waals surface area contributed by atoms with Gasteiger partial charge in [-0.3, -0.25) is 19.7 Å². The second-order valence-corrected chi connectivity index (χ2v) is 12.3. The van der Waals surface area contributed by atoms with Crippen molar-refractivity contribution in [3.05, 3.63) is 59.2 Å². The lowest BCUT2D eigenvalue weighted by molar-refractivity contribution is -0.135. The van der Waals surface area contributed by atoms with Gasteiger partial charge in [-0.15, -0.1) is 0 Å². The van der Waals surface area contributed by atoms with Crippen molar-refractivity contribution in [3.8, 4) is 0 Å². The third kappa shape index (κ3) is 3.71. The van der Waals surface area contributed by atoms with Crippen LogP contribution in [0.25, 0.3) is 43.6 Å². The number of imide groups is 1. The Labute approximate surface area is 241 Å². The van der Waals surface area contributed by atoms with E-state index in [1.165, 1.54) is 0 Å². The van der Waals surface area contributed by atoms with Crippen molar-refractivity contribution < 1.29 is 23.9 Å². The Morgan fingerprint density at radius 1 is 0.976 bits per heavy atom. The minimum atomic E-state index is -0.797. The molecule has 0 bridgehead atoms. The number of benzene rings is 3. The van der Waals surface area contributed by atoms with Crippen LogP contribution in [0.3, 0.4) is 0 Å². The predicted molar refractivity (Wildman–Crippen MR) is 159 cm³/mol. The zero-order chi connectivity index (χ0) is 29.7. The maximum absolute atomic E-state index is 13.7. The van der Waals surface area contributed by atoms with Gasteiger partial charge in [0, 0.05) is 46.2 Å². The van der Waals surface area contributed by atoms with Crippen LogP contribution in [0, 0.1) is 0 Å². The van der Waals surface area contributed by atoms with E-state index < -0.39 is 29.6 Å². The first-order valence-electron chi connectivity index (χ1n) is 14.1. The van der Waals surface area contributed by atoms with E-state index in [9.17, 15) is 19.2 Å². The molecule has 0 saturated heterocycles. The summed E-state index contributed by atoms with van der Waals surface area (Å²) < 4.78 is 7.54. The first-order chi connectivity index (χ1) is 19.9. The Hall–Kier alpha value is -4.86. The van der Waals surface area contributed by atoms with Crippen molar-refractivity contribution in [2.24, 2.45) is 0 Å². The fraction of sp³-hybridized carbons (Fsp3) is 0.312. The minimum absolute atomic E-state index is 0.220. The van der Waals surface area contributed by atoms with Crippen LogP contribution in [0.4, 0.5) is 4.79 Å². The number of carbonyl (C=O) groups is 4. The molecule has 5 aromatic rings. The number of fused-ring (bicyclic) bond motifs is 10. The van der Waals surface area contributed by atoms with Gasteiger partial charge in [0.1, 0.15) is 11.6 Å². The molecule has 2 aromatic heterocycles. The monoisotopic (exact) mass is 565 g/mol. The molecule has 0 radical (unpaired) electrons. The molecule has 2 aliphatic heterocycles. The zero-order valence-corrected chi connectivity index (χ0v) is 24.0. The summed E-state index contributed by atoms with van der Waals surface area (Å²) in [5.74, 6) is -1.02. The lowest BCUT2D eigenvalue weighted by Crippen LogP contribution is -2.50. The summed E-state index contributed by atoms with van der Waals surface area (Å²) in [5.41, 5.74) is 4.42. The maximum Gasteiger partial charge on any atom is 0.408 e. The highest BCUT2D eigenvalue weighted by molar-refractivity contribution is 6.39. The summed E-state index contributed by atoms with van der Waals surface area (Å²) in [6.07, 6.45) is -0.645. The number of para-hydroxylation sites is 2. The maximum atomic E-state index is 13.7.